The molecule has 0 atom stereocenters. The van der Waals surface area contributed by atoms with E-state index in [1.807, 2.05) is 7.05 Å². The summed E-state index contributed by atoms with van der Waals surface area (Å²) in [6.07, 6.45) is 2.86. The number of pyridine rings is 1. The molecule has 0 aliphatic carbocycles. The highest BCUT2D eigenvalue weighted by Gasteiger charge is 2.05. The van der Waals surface area contributed by atoms with E-state index in [9.17, 15) is 4.79 Å². The van der Waals surface area contributed by atoms with Crippen LogP contribution in [0.4, 0.5) is 5.82 Å². The minimum absolute atomic E-state index is 0.0640. The van der Waals surface area contributed by atoms with Gasteiger partial charge in [-0.2, -0.15) is 0 Å². The van der Waals surface area contributed by atoms with Gasteiger partial charge in [-0.25, -0.2) is 4.98 Å². The van der Waals surface area contributed by atoms with Gasteiger partial charge in [0.15, 0.2) is 5.82 Å². The molecule has 2 N–H and O–H groups in total. The molecule has 0 unspecified atom stereocenters. The maximum Gasteiger partial charge on any atom is 0.225 e. The van der Waals surface area contributed by atoms with Crippen molar-refractivity contribution in [2.75, 3.05) is 18.9 Å². The lowest BCUT2D eigenvalue weighted by molar-refractivity contribution is -0.116. The fourth-order valence-corrected chi connectivity index (χ4v) is 1.27. The molecule has 4 nitrogen and oxygen atoms in total. The number of hydrogen-bond acceptors (Lipinski definition) is 3. The number of anilines is 1. The summed E-state index contributed by atoms with van der Waals surface area (Å²) in [7, 11) is 1.85. The Labute approximate surface area is 94.0 Å². The monoisotopic (exact) mass is 227 g/mol. The standard InChI is InChI=1S/C10H14ClN3O/c1-12-6-3-5-9(15)14-10-8(11)4-2-7-13-10/h2,4,7,12H,3,5-6H2,1H3,(H,13,14,15). The van der Waals surface area contributed by atoms with Gasteiger partial charge in [0.2, 0.25) is 5.91 Å². The molecule has 1 aromatic rings. The molecule has 0 saturated carbocycles. The Kier molecular flexibility index (Phi) is 5.07. The molecule has 0 aliphatic rings. The first-order valence-corrected chi connectivity index (χ1v) is 5.17. The summed E-state index contributed by atoms with van der Waals surface area (Å²) in [4.78, 5) is 15.4. The molecule has 5 heteroatoms. The second-order valence-electron chi connectivity index (χ2n) is 3.09. The second-order valence-corrected chi connectivity index (χ2v) is 3.50. The van der Waals surface area contributed by atoms with Gasteiger partial charge in [0, 0.05) is 12.6 Å². The fraction of sp³-hybridized carbons (Fsp3) is 0.400. The van der Waals surface area contributed by atoms with Gasteiger partial charge in [-0.05, 0) is 32.1 Å². The lowest BCUT2D eigenvalue weighted by atomic mass is 10.3. The second kappa shape index (κ2) is 6.37. The van der Waals surface area contributed by atoms with E-state index in [0.29, 0.717) is 17.3 Å². The topological polar surface area (TPSA) is 54.0 Å². The zero-order valence-corrected chi connectivity index (χ0v) is 9.34. The first-order chi connectivity index (χ1) is 7.24. The largest absolute Gasteiger partial charge is 0.320 e. The number of hydrogen-bond donors (Lipinski definition) is 2. The summed E-state index contributed by atoms with van der Waals surface area (Å²) in [5, 5.41) is 6.09. The smallest absolute Gasteiger partial charge is 0.225 e. The van der Waals surface area contributed by atoms with Gasteiger partial charge in [-0.3, -0.25) is 4.79 Å². The summed E-state index contributed by atoms with van der Waals surface area (Å²) in [5.74, 6) is 0.361. The predicted molar refractivity (Wildman–Crippen MR) is 61.0 cm³/mol. The van der Waals surface area contributed by atoms with Crippen molar-refractivity contribution in [2.24, 2.45) is 0 Å². The third-order valence-electron chi connectivity index (χ3n) is 1.85. The van der Waals surface area contributed by atoms with Crippen LogP contribution < -0.4 is 10.6 Å². The van der Waals surface area contributed by atoms with Gasteiger partial charge in [-0.1, -0.05) is 11.6 Å². The van der Waals surface area contributed by atoms with Gasteiger partial charge in [0.05, 0.1) is 5.02 Å². The van der Waals surface area contributed by atoms with E-state index in [1.165, 1.54) is 0 Å². The van der Waals surface area contributed by atoms with E-state index in [0.717, 1.165) is 13.0 Å². The van der Waals surface area contributed by atoms with Crippen molar-refractivity contribution in [2.45, 2.75) is 12.8 Å². The number of rotatable bonds is 5. The minimum atomic E-state index is -0.0640. The number of carbonyl (C=O) groups is 1. The van der Waals surface area contributed by atoms with E-state index in [2.05, 4.69) is 15.6 Å². The van der Waals surface area contributed by atoms with Crippen LogP contribution in [0.25, 0.3) is 0 Å². The fourth-order valence-electron chi connectivity index (χ4n) is 1.10. The first kappa shape index (κ1) is 11.9. The molecule has 0 saturated heterocycles. The number of aromatic nitrogens is 1. The minimum Gasteiger partial charge on any atom is -0.320 e. The molecular formula is C10H14ClN3O. The Morgan fingerprint density at radius 2 is 2.40 bits per heavy atom. The molecule has 1 heterocycles. The number of amides is 1. The van der Waals surface area contributed by atoms with Crippen LogP contribution in [0.3, 0.4) is 0 Å². The summed E-state index contributed by atoms with van der Waals surface area (Å²) in [6.45, 7) is 0.823. The lowest BCUT2D eigenvalue weighted by Crippen LogP contribution is -2.16. The van der Waals surface area contributed by atoms with Crippen molar-refractivity contribution in [1.29, 1.82) is 0 Å². The van der Waals surface area contributed by atoms with Crippen LogP contribution >= 0.6 is 11.6 Å². The van der Waals surface area contributed by atoms with Crippen molar-refractivity contribution in [3.8, 4) is 0 Å². The molecule has 0 spiro atoms. The SMILES string of the molecule is CNCCCC(=O)Nc1ncccc1Cl. The zero-order chi connectivity index (χ0) is 11.1. The molecule has 1 aromatic heterocycles. The van der Waals surface area contributed by atoms with Gasteiger partial charge < -0.3 is 10.6 Å². The summed E-state index contributed by atoms with van der Waals surface area (Å²) in [5.41, 5.74) is 0. The molecule has 15 heavy (non-hydrogen) atoms. The Hall–Kier alpha value is -1.13. The molecule has 0 radical (unpaired) electrons. The maximum absolute atomic E-state index is 11.4. The first-order valence-electron chi connectivity index (χ1n) is 4.79. The van der Waals surface area contributed by atoms with Crippen LogP contribution in [0, 0.1) is 0 Å². The van der Waals surface area contributed by atoms with Crippen LogP contribution in [-0.2, 0) is 4.79 Å². The highest BCUT2D eigenvalue weighted by Crippen LogP contribution is 2.17. The number of nitrogens with one attached hydrogen (secondary N) is 2. The Bertz CT molecular complexity index is 330. The molecule has 82 valence electrons. The highest BCUT2D eigenvalue weighted by atomic mass is 35.5. The van der Waals surface area contributed by atoms with Crippen molar-refractivity contribution < 1.29 is 4.79 Å². The Balaban J connectivity index is 2.41. The summed E-state index contributed by atoms with van der Waals surface area (Å²) in [6, 6.07) is 3.41. The molecule has 1 rings (SSSR count). The summed E-state index contributed by atoms with van der Waals surface area (Å²) >= 11 is 5.84. The highest BCUT2D eigenvalue weighted by molar-refractivity contribution is 6.33. The van der Waals surface area contributed by atoms with Crippen molar-refractivity contribution >= 4 is 23.3 Å². The van der Waals surface area contributed by atoms with E-state index in [-0.39, 0.29) is 5.91 Å². The molecule has 0 fully saturated rings. The zero-order valence-electron chi connectivity index (χ0n) is 8.59. The van der Waals surface area contributed by atoms with Crippen LogP contribution in [0.5, 0.6) is 0 Å². The summed E-state index contributed by atoms with van der Waals surface area (Å²) < 4.78 is 0. The molecule has 1 amide bonds. The van der Waals surface area contributed by atoms with Gasteiger partial charge >= 0.3 is 0 Å². The number of nitrogens with zero attached hydrogens (tertiary/aromatic N) is 1. The molecular weight excluding hydrogens is 214 g/mol. The van der Waals surface area contributed by atoms with E-state index in [4.69, 9.17) is 11.6 Å². The Morgan fingerprint density at radius 3 is 3.07 bits per heavy atom. The normalized spacial score (nSPS) is 10.0. The number of halogens is 1. The van der Waals surface area contributed by atoms with Gasteiger partial charge in [0.1, 0.15) is 0 Å². The third kappa shape index (κ3) is 4.27. The molecule has 0 aromatic carbocycles. The molecule has 0 bridgehead atoms. The van der Waals surface area contributed by atoms with Crippen LogP contribution in [-0.4, -0.2) is 24.5 Å². The van der Waals surface area contributed by atoms with E-state index >= 15 is 0 Å². The van der Waals surface area contributed by atoms with Crippen LogP contribution in [0.2, 0.25) is 5.02 Å². The van der Waals surface area contributed by atoms with Crippen LogP contribution in [0.15, 0.2) is 18.3 Å². The van der Waals surface area contributed by atoms with Gasteiger partial charge in [0.25, 0.3) is 0 Å². The average Bonchev–Trinajstić information content (AvgIpc) is 2.22. The molecule has 0 aliphatic heterocycles. The Morgan fingerprint density at radius 1 is 1.60 bits per heavy atom. The predicted octanol–water partition coefficient (Wildman–Crippen LogP) is 1.67. The van der Waals surface area contributed by atoms with Crippen LogP contribution in [0.1, 0.15) is 12.8 Å². The van der Waals surface area contributed by atoms with Gasteiger partial charge in [-0.15, -0.1) is 0 Å². The van der Waals surface area contributed by atoms with Crippen molar-refractivity contribution in [3.63, 3.8) is 0 Å². The van der Waals surface area contributed by atoms with Crippen molar-refractivity contribution in [1.82, 2.24) is 10.3 Å². The van der Waals surface area contributed by atoms with E-state index in [1.54, 1.807) is 18.3 Å². The third-order valence-corrected chi connectivity index (χ3v) is 2.15. The lowest BCUT2D eigenvalue weighted by Gasteiger charge is -2.05. The van der Waals surface area contributed by atoms with Crippen molar-refractivity contribution in [3.05, 3.63) is 23.4 Å². The maximum atomic E-state index is 11.4. The quantitative estimate of drug-likeness (QED) is 0.753. The average molecular weight is 228 g/mol. The number of carbonyl (C=O) groups excluding carboxylic acids is 1. The van der Waals surface area contributed by atoms with E-state index < -0.39 is 0 Å².